The predicted molar refractivity (Wildman–Crippen MR) is 192 cm³/mol. The van der Waals surface area contributed by atoms with Crippen molar-refractivity contribution in [1.82, 2.24) is 4.57 Å². The van der Waals surface area contributed by atoms with Crippen LogP contribution in [0.4, 0.5) is 0 Å². The quantitative estimate of drug-likeness (QED) is 0.0641. The lowest BCUT2D eigenvalue weighted by atomic mass is 9.96. The second-order valence-electron chi connectivity index (χ2n) is 13.6. The molecule has 3 rings (SSSR count). The maximum Gasteiger partial charge on any atom is 0.261 e. The Kier molecular flexibility index (Phi) is 18.9. The van der Waals surface area contributed by atoms with Gasteiger partial charge in [-0.25, -0.2) is 9.13 Å². The standard InChI is InChI=1S/C42H67N2/c1-4-6-8-10-11-12-13-14-15-16-17-18-20-27-33-43-37-41(35-38(3)40-31-25-22-26-32-40)44(34-28-19-9-7-5-2)42(43)36-39-29-23-21-24-30-39/h21-26,29-32,37-38H,4-20,27-28,33-36H2,1-3H3/q+1. The molecule has 0 radical (unpaired) electrons. The van der Waals surface area contributed by atoms with Crippen molar-refractivity contribution in [1.29, 1.82) is 0 Å². The summed E-state index contributed by atoms with van der Waals surface area (Å²) in [6.07, 6.45) is 31.1. The molecular weight excluding hydrogens is 532 g/mol. The summed E-state index contributed by atoms with van der Waals surface area (Å²) in [5.41, 5.74) is 4.40. The molecule has 0 spiro atoms. The van der Waals surface area contributed by atoms with Crippen molar-refractivity contribution >= 4 is 0 Å². The van der Waals surface area contributed by atoms with Gasteiger partial charge in [-0.2, -0.15) is 0 Å². The third kappa shape index (κ3) is 14.2. The van der Waals surface area contributed by atoms with Crippen LogP contribution in [0.2, 0.25) is 0 Å². The fraction of sp³-hybridized carbons (Fsp3) is 0.643. The van der Waals surface area contributed by atoms with E-state index in [-0.39, 0.29) is 0 Å². The van der Waals surface area contributed by atoms with Crippen LogP contribution in [0.5, 0.6) is 0 Å². The minimum absolute atomic E-state index is 0.518. The highest BCUT2D eigenvalue weighted by Crippen LogP contribution is 2.23. The molecular formula is C42H67N2+. The van der Waals surface area contributed by atoms with E-state index in [0.29, 0.717) is 5.92 Å². The van der Waals surface area contributed by atoms with Crippen molar-refractivity contribution in [3.63, 3.8) is 0 Å². The first-order chi connectivity index (χ1) is 21.7. The van der Waals surface area contributed by atoms with Gasteiger partial charge in [0.2, 0.25) is 0 Å². The lowest BCUT2D eigenvalue weighted by Crippen LogP contribution is -2.37. The third-order valence-electron chi connectivity index (χ3n) is 9.62. The topological polar surface area (TPSA) is 8.81 Å². The number of hydrogen-bond donors (Lipinski definition) is 0. The molecule has 1 atom stereocenters. The number of imidazole rings is 1. The molecule has 0 saturated carbocycles. The van der Waals surface area contributed by atoms with E-state index in [1.165, 1.54) is 145 Å². The van der Waals surface area contributed by atoms with Gasteiger partial charge >= 0.3 is 0 Å². The van der Waals surface area contributed by atoms with Crippen LogP contribution in [0.1, 0.15) is 171 Å². The van der Waals surface area contributed by atoms with E-state index < -0.39 is 0 Å². The van der Waals surface area contributed by atoms with Crippen LogP contribution in [-0.2, 0) is 25.9 Å². The molecule has 44 heavy (non-hydrogen) atoms. The molecule has 3 aromatic rings. The van der Waals surface area contributed by atoms with Crippen LogP contribution < -0.4 is 4.57 Å². The summed E-state index contributed by atoms with van der Waals surface area (Å²) in [6, 6.07) is 22.3. The lowest BCUT2D eigenvalue weighted by molar-refractivity contribution is -0.704. The summed E-state index contributed by atoms with van der Waals surface area (Å²) in [6.45, 7) is 9.32. The molecule has 2 nitrogen and oxygen atoms in total. The number of hydrogen-bond acceptors (Lipinski definition) is 0. The van der Waals surface area contributed by atoms with Crippen molar-refractivity contribution < 1.29 is 4.57 Å². The fourth-order valence-corrected chi connectivity index (χ4v) is 6.81. The SMILES string of the molecule is CCCCCCCCCCCCCCCC[n+]1cc(CC(C)c2ccccc2)n(CCCCCCC)c1Cc1ccccc1. The summed E-state index contributed by atoms with van der Waals surface area (Å²) < 4.78 is 5.37. The Morgan fingerprint density at radius 3 is 1.59 bits per heavy atom. The second kappa shape index (κ2) is 23.1. The van der Waals surface area contributed by atoms with Gasteiger partial charge in [0.25, 0.3) is 5.82 Å². The molecule has 0 fully saturated rings. The summed E-state index contributed by atoms with van der Waals surface area (Å²) in [5, 5.41) is 0. The first kappa shape index (κ1) is 36.1. The zero-order chi connectivity index (χ0) is 31.1. The molecule has 1 heterocycles. The molecule has 0 N–H and O–H groups in total. The highest BCUT2D eigenvalue weighted by Gasteiger charge is 2.25. The highest BCUT2D eigenvalue weighted by molar-refractivity contribution is 5.22. The predicted octanol–water partition coefficient (Wildman–Crippen LogP) is 12.2. The normalized spacial score (nSPS) is 12.2. The average Bonchev–Trinajstić information content (AvgIpc) is 3.36. The maximum atomic E-state index is 2.72. The van der Waals surface area contributed by atoms with Gasteiger partial charge in [0.05, 0.1) is 19.5 Å². The smallest absolute Gasteiger partial charge is 0.234 e. The maximum absolute atomic E-state index is 2.72. The van der Waals surface area contributed by atoms with E-state index in [1.807, 2.05) is 0 Å². The van der Waals surface area contributed by atoms with Crippen LogP contribution >= 0.6 is 0 Å². The zero-order valence-electron chi connectivity index (χ0n) is 29.1. The first-order valence-corrected chi connectivity index (χ1v) is 18.9. The molecule has 0 bridgehead atoms. The summed E-state index contributed by atoms with van der Waals surface area (Å²) >= 11 is 0. The Bertz CT molecular complexity index is 1080. The average molecular weight is 600 g/mol. The number of unbranched alkanes of at least 4 members (excludes halogenated alkanes) is 17. The highest BCUT2D eigenvalue weighted by atomic mass is 15.2. The van der Waals surface area contributed by atoms with E-state index >= 15 is 0 Å². The van der Waals surface area contributed by atoms with Crippen molar-refractivity contribution in [2.24, 2.45) is 0 Å². The van der Waals surface area contributed by atoms with Crippen LogP contribution in [-0.4, -0.2) is 4.57 Å². The van der Waals surface area contributed by atoms with Crippen molar-refractivity contribution in [2.75, 3.05) is 0 Å². The van der Waals surface area contributed by atoms with E-state index in [4.69, 9.17) is 0 Å². The van der Waals surface area contributed by atoms with E-state index in [2.05, 4.69) is 96.8 Å². The summed E-state index contributed by atoms with van der Waals surface area (Å²) in [4.78, 5) is 0. The Morgan fingerprint density at radius 2 is 1.05 bits per heavy atom. The van der Waals surface area contributed by atoms with Gasteiger partial charge in [0.1, 0.15) is 11.9 Å². The second-order valence-corrected chi connectivity index (χ2v) is 13.6. The Balaban J connectivity index is 1.57. The monoisotopic (exact) mass is 600 g/mol. The lowest BCUT2D eigenvalue weighted by Gasteiger charge is -2.12. The zero-order valence-corrected chi connectivity index (χ0v) is 29.1. The number of aryl methyl sites for hydroxylation is 1. The largest absolute Gasteiger partial charge is 0.261 e. The molecule has 0 aliphatic heterocycles. The molecule has 1 aromatic heterocycles. The Labute approximate surface area is 272 Å². The summed E-state index contributed by atoms with van der Waals surface area (Å²) in [5.74, 6) is 2.03. The molecule has 0 saturated heterocycles. The molecule has 0 aliphatic carbocycles. The molecule has 2 aromatic carbocycles. The Hall–Kier alpha value is -2.35. The molecule has 2 heteroatoms. The molecule has 0 aliphatic rings. The molecule has 1 unspecified atom stereocenters. The van der Waals surface area contributed by atoms with Gasteiger partial charge < -0.3 is 0 Å². The summed E-state index contributed by atoms with van der Waals surface area (Å²) in [7, 11) is 0. The number of nitrogens with zero attached hydrogens (tertiary/aromatic N) is 2. The van der Waals surface area contributed by atoms with Crippen LogP contribution in [0.3, 0.4) is 0 Å². The number of aromatic nitrogens is 2. The molecule has 244 valence electrons. The van der Waals surface area contributed by atoms with E-state index in [9.17, 15) is 0 Å². The molecule has 0 amide bonds. The van der Waals surface area contributed by atoms with Gasteiger partial charge in [0, 0.05) is 6.42 Å². The van der Waals surface area contributed by atoms with Gasteiger partial charge in [0.15, 0.2) is 0 Å². The van der Waals surface area contributed by atoms with Crippen molar-refractivity contribution in [3.05, 3.63) is 89.5 Å². The Morgan fingerprint density at radius 1 is 0.568 bits per heavy atom. The van der Waals surface area contributed by atoms with Crippen LogP contribution in [0.25, 0.3) is 0 Å². The first-order valence-electron chi connectivity index (χ1n) is 18.9. The number of benzene rings is 2. The van der Waals surface area contributed by atoms with Crippen molar-refractivity contribution in [2.45, 2.75) is 175 Å². The van der Waals surface area contributed by atoms with Gasteiger partial charge in [-0.15, -0.1) is 0 Å². The van der Waals surface area contributed by atoms with Crippen LogP contribution in [0, 0.1) is 0 Å². The van der Waals surface area contributed by atoms with E-state index in [1.54, 1.807) is 0 Å². The minimum atomic E-state index is 0.518. The van der Waals surface area contributed by atoms with E-state index in [0.717, 1.165) is 25.9 Å². The fourth-order valence-electron chi connectivity index (χ4n) is 6.81. The van der Waals surface area contributed by atoms with Gasteiger partial charge in [-0.05, 0) is 42.7 Å². The van der Waals surface area contributed by atoms with Gasteiger partial charge in [-0.3, -0.25) is 0 Å². The number of rotatable bonds is 26. The third-order valence-corrected chi connectivity index (χ3v) is 9.62. The van der Waals surface area contributed by atoms with Crippen LogP contribution in [0.15, 0.2) is 66.9 Å². The minimum Gasteiger partial charge on any atom is -0.234 e. The van der Waals surface area contributed by atoms with Gasteiger partial charge in [-0.1, -0.05) is 178 Å². The van der Waals surface area contributed by atoms with Crippen molar-refractivity contribution in [3.8, 4) is 0 Å².